The van der Waals surface area contributed by atoms with E-state index in [0.717, 1.165) is 24.3 Å². The van der Waals surface area contributed by atoms with Crippen LogP contribution in [0.2, 0.25) is 0 Å². The summed E-state index contributed by atoms with van der Waals surface area (Å²) >= 11 is 0. The van der Waals surface area contributed by atoms with Crippen LogP contribution < -0.4 is 16.0 Å². The first kappa shape index (κ1) is 29.9. The Kier molecular flexibility index (Phi) is 8.32. The molecule has 1 aromatic carbocycles. The average Bonchev–Trinajstić information content (AvgIpc) is 3.49. The Hall–Kier alpha value is -4.58. The molecule has 0 aliphatic carbocycles. The number of esters is 1. The standard InChI is InChI=1S/C31H39N9O3/c1-30(2)11-8-13-40(30)14-12-33-27(41)20-15-23(18-32-17-20)35-25-24-19-34-29(37-26(24)39(5)38-25)36-22-10-7-9-21(16-22)31(3,4)28(42)43-6/h7,9-10,15-19H,8,11-14H2,1-6H3,(H,33,41)(H,35,38)(H,34,36,37). The van der Waals surface area contributed by atoms with Gasteiger partial charge in [0.05, 0.1) is 35.4 Å². The maximum absolute atomic E-state index is 12.8. The summed E-state index contributed by atoms with van der Waals surface area (Å²) in [5, 5.41) is 14.8. The van der Waals surface area contributed by atoms with Crippen LogP contribution in [0.4, 0.5) is 23.1 Å². The molecule has 0 bridgehead atoms. The molecule has 0 radical (unpaired) electrons. The maximum Gasteiger partial charge on any atom is 0.315 e. The molecule has 1 aliphatic rings. The zero-order valence-electron chi connectivity index (χ0n) is 25.6. The van der Waals surface area contributed by atoms with Gasteiger partial charge in [-0.2, -0.15) is 10.1 Å². The normalized spacial score (nSPS) is 14.9. The van der Waals surface area contributed by atoms with Gasteiger partial charge in [-0.15, -0.1) is 0 Å². The van der Waals surface area contributed by atoms with Crippen molar-refractivity contribution in [2.45, 2.75) is 51.5 Å². The molecule has 1 saturated heterocycles. The van der Waals surface area contributed by atoms with Crippen LogP contribution in [0, 0.1) is 0 Å². The summed E-state index contributed by atoms with van der Waals surface area (Å²) in [4.78, 5) is 40.9. The number of amides is 1. The largest absolute Gasteiger partial charge is 0.468 e. The van der Waals surface area contributed by atoms with Crippen LogP contribution in [0.5, 0.6) is 0 Å². The van der Waals surface area contributed by atoms with Crippen LogP contribution in [-0.2, 0) is 22.0 Å². The number of hydrogen-bond donors (Lipinski definition) is 3. The molecule has 12 nitrogen and oxygen atoms in total. The number of hydrogen-bond acceptors (Lipinski definition) is 10. The van der Waals surface area contributed by atoms with Gasteiger partial charge in [-0.1, -0.05) is 12.1 Å². The number of pyridine rings is 1. The van der Waals surface area contributed by atoms with Crippen LogP contribution in [-0.4, -0.2) is 73.8 Å². The number of fused-ring (bicyclic) bond motifs is 1. The predicted octanol–water partition coefficient (Wildman–Crippen LogP) is 4.30. The highest BCUT2D eigenvalue weighted by molar-refractivity contribution is 5.95. The Morgan fingerprint density at radius 3 is 2.65 bits per heavy atom. The smallest absolute Gasteiger partial charge is 0.315 e. The van der Waals surface area contributed by atoms with Gasteiger partial charge in [-0.05, 0) is 70.8 Å². The minimum absolute atomic E-state index is 0.169. The minimum atomic E-state index is -0.808. The number of aromatic nitrogens is 5. The van der Waals surface area contributed by atoms with Gasteiger partial charge in [0.15, 0.2) is 11.5 Å². The van der Waals surface area contributed by atoms with Crippen molar-refractivity contribution >= 4 is 46.1 Å². The lowest BCUT2D eigenvalue weighted by atomic mass is 9.84. The molecule has 1 aliphatic heterocycles. The molecule has 3 N–H and O–H groups in total. The number of ether oxygens (including phenoxy) is 1. The molecule has 226 valence electrons. The third-order valence-corrected chi connectivity index (χ3v) is 8.12. The molecule has 0 atom stereocenters. The van der Waals surface area contributed by atoms with Gasteiger partial charge in [0, 0.05) is 43.8 Å². The molecule has 0 spiro atoms. The maximum atomic E-state index is 12.8. The van der Waals surface area contributed by atoms with Crippen molar-refractivity contribution in [2.75, 3.05) is 37.4 Å². The fourth-order valence-electron chi connectivity index (χ4n) is 5.43. The number of aryl methyl sites for hydroxylation is 1. The average molecular weight is 586 g/mol. The van der Waals surface area contributed by atoms with Crippen molar-refractivity contribution in [2.24, 2.45) is 7.05 Å². The number of carbonyl (C=O) groups is 2. The summed E-state index contributed by atoms with van der Waals surface area (Å²) in [6, 6.07) is 9.26. The molecule has 5 rings (SSSR count). The van der Waals surface area contributed by atoms with E-state index in [2.05, 4.69) is 54.7 Å². The van der Waals surface area contributed by atoms with Crippen LogP contribution in [0.3, 0.4) is 0 Å². The monoisotopic (exact) mass is 585 g/mol. The fourth-order valence-corrected chi connectivity index (χ4v) is 5.43. The third kappa shape index (κ3) is 6.43. The molecule has 4 aromatic rings. The topological polar surface area (TPSA) is 139 Å². The first-order valence-corrected chi connectivity index (χ1v) is 14.4. The summed E-state index contributed by atoms with van der Waals surface area (Å²) in [5.74, 6) is 0.437. The van der Waals surface area contributed by atoms with Crippen LogP contribution in [0.15, 0.2) is 48.9 Å². The van der Waals surface area contributed by atoms with Gasteiger partial charge in [0.1, 0.15) is 0 Å². The van der Waals surface area contributed by atoms with Gasteiger partial charge in [-0.25, -0.2) is 9.67 Å². The van der Waals surface area contributed by atoms with Crippen molar-refractivity contribution in [3.05, 3.63) is 60.0 Å². The molecule has 12 heteroatoms. The Bertz CT molecular complexity index is 1650. The van der Waals surface area contributed by atoms with E-state index in [9.17, 15) is 9.59 Å². The SMILES string of the molecule is COC(=O)C(C)(C)c1cccc(Nc2ncc3c(Nc4cncc(C(=O)NCCN5CCCC5(C)C)c4)nn(C)c3n2)c1. The van der Waals surface area contributed by atoms with Gasteiger partial charge >= 0.3 is 5.97 Å². The summed E-state index contributed by atoms with van der Waals surface area (Å²) in [5.41, 5.74) is 2.61. The van der Waals surface area contributed by atoms with E-state index < -0.39 is 5.41 Å². The first-order chi connectivity index (χ1) is 20.5. The number of rotatable bonds is 10. The Labute approximate surface area is 251 Å². The summed E-state index contributed by atoms with van der Waals surface area (Å²) < 4.78 is 6.62. The third-order valence-electron chi connectivity index (χ3n) is 8.12. The summed E-state index contributed by atoms with van der Waals surface area (Å²) in [6.45, 7) is 10.6. The number of nitrogens with one attached hydrogen (secondary N) is 3. The highest BCUT2D eigenvalue weighted by Gasteiger charge is 2.32. The van der Waals surface area contributed by atoms with E-state index in [1.54, 1.807) is 36.4 Å². The van der Waals surface area contributed by atoms with E-state index in [1.807, 2.05) is 38.1 Å². The molecule has 4 heterocycles. The van der Waals surface area contributed by atoms with Crippen molar-refractivity contribution in [3.63, 3.8) is 0 Å². The lowest BCUT2D eigenvalue weighted by molar-refractivity contribution is -0.146. The van der Waals surface area contributed by atoms with Crippen LogP contribution in [0.1, 0.15) is 56.5 Å². The molecule has 1 amide bonds. The molecule has 0 saturated carbocycles. The highest BCUT2D eigenvalue weighted by atomic mass is 16.5. The van der Waals surface area contributed by atoms with Crippen molar-refractivity contribution in [1.82, 2.24) is 34.9 Å². The zero-order chi connectivity index (χ0) is 30.8. The molecule has 1 fully saturated rings. The molecular weight excluding hydrogens is 546 g/mol. The number of carbonyl (C=O) groups excluding carboxylic acids is 2. The second-order valence-corrected chi connectivity index (χ2v) is 12.0. The predicted molar refractivity (Wildman–Crippen MR) is 166 cm³/mol. The number of likely N-dealkylation sites (tertiary alicyclic amines) is 1. The minimum Gasteiger partial charge on any atom is -0.468 e. The Balaban J connectivity index is 1.27. The zero-order valence-corrected chi connectivity index (χ0v) is 25.6. The summed E-state index contributed by atoms with van der Waals surface area (Å²) in [6.07, 6.45) is 7.25. The molecule has 3 aromatic heterocycles. The number of nitrogens with zero attached hydrogens (tertiary/aromatic N) is 6. The van der Waals surface area contributed by atoms with E-state index >= 15 is 0 Å². The Morgan fingerprint density at radius 2 is 1.91 bits per heavy atom. The summed E-state index contributed by atoms with van der Waals surface area (Å²) in [7, 11) is 3.18. The number of methoxy groups -OCH3 is 1. The first-order valence-electron chi connectivity index (χ1n) is 14.4. The second kappa shape index (κ2) is 12.0. The van der Waals surface area contributed by atoms with Crippen LogP contribution >= 0.6 is 0 Å². The van der Waals surface area contributed by atoms with Gasteiger partial charge < -0.3 is 20.7 Å². The van der Waals surface area contributed by atoms with Gasteiger partial charge in [0.25, 0.3) is 5.91 Å². The van der Waals surface area contributed by atoms with E-state index in [1.165, 1.54) is 20.0 Å². The molecule has 0 unspecified atom stereocenters. The van der Waals surface area contributed by atoms with Crippen molar-refractivity contribution in [1.29, 1.82) is 0 Å². The quantitative estimate of drug-likeness (QED) is 0.231. The number of anilines is 4. The Morgan fingerprint density at radius 1 is 1.09 bits per heavy atom. The van der Waals surface area contributed by atoms with Gasteiger partial charge in [0.2, 0.25) is 5.95 Å². The van der Waals surface area contributed by atoms with E-state index in [4.69, 9.17) is 4.74 Å². The fraction of sp³-hybridized carbons (Fsp3) is 0.419. The van der Waals surface area contributed by atoms with Crippen molar-refractivity contribution < 1.29 is 14.3 Å². The highest BCUT2D eigenvalue weighted by Crippen LogP contribution is 2.29. The second-order valence-electron chi connectivity index (χ2n) is 12.0. The van der Waals surface area contributed by atoms with Crippen LogP contribution in [0.25, 0.3) is 11.0 Å². The lowest BCUT2D eigenvalue weighted by Gasteiger charge is -2.31. The van der Waals surface area contributed by atoms with Crippen molar-refractivity contribution in [3.8, 4) is 0 Å². The van der Waals surface area contributed by atoms with E-state index in [-0.39, 0.29) is 17.4 Å². The molecule has 43 heavy (non-hydrogen) atoms. The van der Waals surface area contributed by atoms with E-state index in [0.29, 0.717) is 40.6 Å². The lowest BCUT2D eigenvalue weighted by Crippen LogP contribution is -2.43. The number of benzene rings is 1. The molecular formula is C31H39N9O3. The van der Waals surface area contributed by atoms with Gasteiger partial charge in [-0.3, -0.25) is 19.5 Å².